The molecule has 0 fully saturated rings. The fourth-order valence-electron chi connectivity index (χ4n) is 2.08. The normalized spacial score (nSPS) is 21.3. The molecule has 1 aromatic rings. The predicted octanol–water partition coefficient (Wildman–Crippen LogP) is 2.18. The van der Waals surface area contributed by atoms with Gasteiger partial charge in [-0.05, 0) is 30.0 Å². The van der Waals surface area contributed by atoms with Crippen molar-refractivity contribution in [2.24, 2.45) is 0 Å². The lowest BCUT2D eigenvalue weighted by molar-refractivity contribution is 0.321. The fraction of sp³-hybridized carbons (Fsp3) is 0.455. The highest BCUT2D eigenvalue weighted by Gasteiger charge is 2.28. The van der Waals surface area contributed by atoms with Crippen LogP contribution in [0.25, 0.3) is 0 Å². The Balaban J connectivity index is 2.29. The van der Waals surface area contributed by atoms with E-state index in [2.05, 4.69) is 15.9 Å². The number of halogens is 1. The number of hydrogen-bond acceptors (Lipinski definition) is 2. The van der Waals surface area contributed by atoms with Crippen LogP contribution >= 0.6 is 15.9 Å². The van der Waals surface area contributed by atoms with Crippen LogP contribution in [0.3, 0.4) is 0 Å². The molecule has 0 heterocycles. The molecule has 2 rings (SSSR count). The molecule has 0 amide bonds. The van der Waals surface area contributed by atoms with Crippen molar-refractivity contribution in [1.29, 1.82) is 0 Å². The molecule has 0 saturated carbocycles. The Morgan fingerprint density at radius 1 is 1.53 bits per heavy atom. The number of aliphatic hydroxyl groups is 1. The highest BCUT2D eigenvalue weighted by atomic mass is 79.9. The van der Waals surface area contributed by atoms with E-state index in [1.165, 1.54) is 11.1 Å². The number of benzene rings is 1. The average Bonchev–Trinajstić information content (AvgIpc) is 2.63. The summed E-state index contributed by atoms with van der Waals surface area (Å²) < 4.78 is 13.0. The molecule has 2 atom stereocenters. The summed E-state index contributed by atoms with van der Waals surface area (Å²) in [6, 6.07) is 6.06. The van der Waals surface area contributed by atoms with Gasteiger partial charge < -0.3 is 5.11 Å². The van der Waals surface area contributed by atoms with E-state index in [1.807, 2.05) is 18.2 Å². The molecule has 0 unspecified atom stereocenters. The first-order chi connectivity index (χ1) is 7.24. The Kier molecular flexibility index (Phi) is 3.59. The smallest absolute Gasteiger partial charge is 0.0604 e. The van der Waals surface area contributed by atoms with Gasteiger partial charge in [0.25, 0.3) is 0 Å². The zero-order valence-electron chi connectivity index (χ0n) is 8.28. The summed E-state index contributed by atoms with van der Waals surface area (Å²) >= 11 is 3.51. The summed E-state index contributed by atoms with van der Waals surface area (Å²) in [5.41, 5.74) is 2.48. The molecule has 0 aromatic heterocycles. The van der Waals surface area contributed by atoms with Crippen LogP contribution in [-0.2, 0) is 17.2 Å². The summed E-state index contributed by atoms with van der Waals surface area (Å²) in [4.78, 5) is 0. The van der Waals surface area contributed by atoms with E-state index in [1.54, 1.807) is 0 Å². The second kappa shape index (κ2) is 4.76. The Labute approximate surface area is 100 Å². The Bertz CT molecular complexity index is 392. The summed E-state index contributed by atoms with van der Waals surface area (Å²) in [5, 5.41) is 8.91. The van der Waals surface area contributed by atoms with Crippen LogP contribution in [-0.4, -0.2) is 21.7 Å². The van der Waals surface area contributed by atoms with Crippen molar-refractivity contribution in [2.45, 2.75) is 18.1 Å². The molecular weight excluding hydrogens is 276 g/mol. The van der Waals surface area contributed by atoms with Crippen molar-refractivity contribution in [3.63, 3.8) is 0 Å². The molecule has 0 saturated heterocycles. The molecule has 1 N–H and O–H groups in total. The van der Waals surface area contributed by atoms with Crippen molar-refractivity contribution in [2.75, 3.05) is 12.4 Å². The van der Waals surface area contributed by atoms with Crippen molar-refractivity contribution < 1.29 is 9.32 Å². The highest BCUT2D eigenvalue weighted by molar-refractivity contribution is 9.10. The van der Waals surface area contributed by atoms with Crippen molar-refractivity contribution in [3.05, 3.63) is 33.8 Å². The topological polar surface area (TPSA) is 37.3 Å². The van der Waals surface area contributed by atoms with E-state index in [-0.39, 0.29) is 11.9 Å². The minimum Gasteiger partial charge on any atom is -0.395 e. The Hall–Kier alpha value is -0.190. The van der Waals surface area contributed by atoms with Crippen LogP contribution in [0.2, 0.25) is 0 Å². The summed E-state index contributed by atoms with van der Waals surface area (Å²) in [6.07, 6.45) is 1.92. The van der Waals surface area contributed by atoms with Gasteiger partial charge in [-0.2, -0.15) is 0 Å². The van der Waals surface area contributed by atoms with E-state index in [0.717, 1.165) is 17.3 Å². The number of aliphatic hydroxyl groups excluding tert-OH is 1. The van der Waals surface area contributed by atoms with Crippen molar-refractivity contribution in [1.82, 2.24) is 0 Å². The Morgan fingerprint density at radius 3 is 3.07 bits per heavy atom. The van der Waals surface area contributed by atoms with Gasteiger partial charge in [-0.15, -0.1) is 0 Å². The minimum atomic E-state index is -0.936. The molecule has 0 aliphatic heterocycles. The van der Waals surface area contributed by atoms with Crippen LogP contribution in [0.5, 0.6) is 0 Å². The van der Waals surface area contributed by atoms with Crippen LogP contribution in [0, 0.1) is 0 Å². The Morgan fingerprint density at radius 2 is 2.33 bits per heavy atom. The molecule has 82 valence electrons. The van der Waals surface area contributed by atoms with E-state index >= 15 is 0 Å². The maximum atomic E-state index is 11.9. The second-order valence-corrected chi connectivity index (χ2v) is 6.24. The van der Waals surface area contributed by atoms with E-state index in [9.17, 15) is 4.21 Å². The van der Waals surface area contributed by atoms with Gasteiger partial charge in [0.15, 0.2) is 0 Å². The summed E-state index contributed by atoms with van der Waals surface area (Å²) in [6.45, 7) is 0.00640. The van der Waals surface area contributed by atoms with Gasteiger partial charge in [0.05, 0.1) is 11.9 Å². The third kappa shape index (κ3) is 2.17. The molecule has 1 aliphatic carbocycles. The molecule has 0 bridgehead atoms. The van der Waals surface area contributed by atoms with E-state index in [4.69, 9.17) is 5.11 Å². The molecule has 2 nitrogen and oxygen atoms in total. The monoisotopic (exact) mass is 288 g/mol. The molecule has 15 heavy (non-hydrogen) atoms. The summed E-state index contributed by atoms with van der Waals surface area (Å²) in [7, 11) is -0.936. The number of rotatable bonds is 3. The molecule has 4 heteroatoms. The lowest BCUT2D eigenvalue weighted by Crippen LogP contribution is -2.09. The number of hydrogen-bond donors (Lipinski definition) is 1. The van der Waals surface area contributed by atoms with Crippen LogP contribution in [0.4, 0.5) is 0 Å². The predicted molar refractivity (Wildman–Crippen MR) is 65.3 cm³/mol. The molecule has 1 aromatic carbocycles. The maximum Gasteiger partial charge on any atom is 0.0604 e. The highest BCUT2D eigenvalue weighted by Crippen LogP contribution is 2.38. The molecular formula is C11H13BrO2S. The first-order valence-corrected chi connectivity index (χ1v) is 7.17. The maximum absolute atomic E-state index is 11.9. The standard InChI is InChI=1S/C11H13BrO2S/c12-10-3-1-2-9-8(10)4-5-11(9)15(14)7-6-13/h1-3,11,13H,4-7H2/t11-,15+/m1/s1. The third-order valence-corrected chi connectivity index (χ3v) is 5.22. The zero-order valence-corrected chi connectivity index (χ0v) is 10.7. The van der Waals surface area contributed by atoms with Gasteiger partial charge in [0.1, 0.15) is 0 Å². The van der Waals surface area contributed by atoms with Crippen LogP contribution < -0.4 is 0 Å². The molecule has 1 aliphatic rings. The number of fused-ring (bicyclic) bond motifs is 1. The third-order valence-electron chi connectivity index (χ3n) is 2.77. The second-order valence-electron chi connectivity index (χ2n) is 3.64. The van der Waals surface area contributed by atoms with Gasteiger partial charge in [-0.25, -0.2) is 0 Å². The first kappa shape index (κ1) is 11.3. The van der Waals surface area contributed by atoms with Crippen molar-refractivity contribution in [3.8, 4) is 0 Å². The molecule has 0 radical (unpaired) electrons. The lowest BCUT2D eigenvalue weighted by atomic mass is 10.1. The van der Waals surface area contributed by atoms with Gasteiger partial charge in [-0.1, -0.05) is 28.1 Å². The van der Waals surface area contributed by atoms with Crippen LogP contribution in [0.1, 0.15) is 22.8 Å². The fourth-order valence-corrected chi connectivity index (χ4v) is 4.01. The van der Waals surface area contributed by atoms with E-state index in [0.29, 0.717) is 5.75 Å². The van der Waals surface area contributed by atoms with Gasteiger partial charge in [0, 0.05) is 21.0 Å². The first-order valence-electron chi connectivity index (χ1n) is 4.99. The van der Waals surface area contributed by atoms with Crippen LogP contribution in [0.15, 0.2) is 22.7 Å². The van der Waals surface area contributed by atoms with Gasteiger partial charge >= 0.3 is 0 Å². The van der Waals surface area contributed by atoms with Crippen molar-refractivity contribution >= 4 is 26.7 Å². The van der Waals surface area contributed by atoms with Gasteiger partial charge in [-0.3, -0.25) is 4.21 Å². The van der Waals surface area contributed by atoms with Gasteiger partial charge in [0.2, 0.25) is 0 Å². The molecule has 0 spiro atoms. The van der Waals surface area contributed by atoms with E-state index < -0.39 is 10.8 Å². The lowest BCUT2D eigenvalue weighted by Gasteiger charge is -2.10. The SMILES string of the molecule is O=[S@@](CCO)[C@@H]1CCc2c(Br)cccc21. The summed E-state index contributed by atoms with van der Waals surface area (Å²) in [5.74, 6) is 0.386. The quantitative estimate of drug-likeness (QED) is 0.926. The zero-order chi connectivity index (χ0) is 10.8. The minimum absolute atomic E-state index is 0.00640. The average molecular weight is 289 g/mol. The largest absolute Gasteiger partial charge is 0.395 e.